The fourth-order valence-electron chi connectivity index (χ4n) is 3.98. The van der Waals surface area contributed by atoms with Crippen LogP contribution in [0, 0.1) is 11.8 Å². The zero-order valence-electron chi connectivity index (χ0n) is 10.6. The van der Waals surface area contributed by atoms with E-state index in [2.05, 4.69) is 21.6 Å². The molecule has 1 aromatic heterocycles. The predicted octanol–water partition coefficient (Wildman–Crippen LogP) is 2.51. The van der Waals surface area contributed by atoms with Crippen LogP contribution < -0.4 is 5.43 Å². The number of nitrogens with zero attached hydrogens (tertiary/aromatic N) is 2. The number of hydrogen-bond donors (Lipinski definition) is 1. The van der Waals surface area contributed by atoms with E-state index >= 15 is 0 Å². The molecule has 1 aromatic rings. The van der Waals surface area contributed by atoms with Crippen LogP contribution >= 0.6 is 0 Å². The molecule has 2 unspecified atom stereocenters. The summed E-state index contributed by atoms with van der Waals surface area (Å²) in [5, 5.41) is 4.65. The van der Waals surface area contributed by atoms with Gasteiger partial charge in [-0.2, -0.15) is 5.10 Å². The van der Waals surface area contributed by atoms with Crippen LogP contribution in [0.4, 0.5) is 0 Å². The van der Waals surface area contributed by atoms with Gasteiger partial charge in [-0.05, 0) is 43.7 Å². The lowest BCUT2D eigenvalue weighted by atomic mass is 9.77. The molecule has 1 aliphatic heterocycles. The van der Waals surface area contributed by atoms with Crippen LogP contribution in [0.25, 0.3) is 0 Å². The fourth-order valence-corrected chi connectivity index (χ4v) is 3.98. The van der Waals surface area contributed by atoms with Crippen molar-refractivity contribution in [3.63, 3.8) is 0 Å². The molecule has 0 amide bonds. The van der Waals surface area contributed by atoms with Crippen molar-refractivity contribution < 1.29 is 0 Å². The van der Waals surface area contributed by atoms with E-state index in [0.717, 1.165) is 12.3 Å². The van der Waals surface area contributed by atoms with Gasteiger partial charge in [0, 0.05) is 23.4 Å². The van der Waals surface area contributed by atoms with Crippen molar-refractivity contribution in [1.82, 2.24) is 10.4 Å². The Balaban J connectivity index is 1.65. The van der Waals surface area contributed by atoms with E-state index in [1.807, 2.05) is 12.3 Å². The Morgan fingerprint density at radius 2 is 2.06 bits per heavy atom. The van der Waals surface area contributed by atoms with Crippen LogP contribution in [0.15, 0.2) is 23.4 Å². The maximum Gasteiger partial charge on any atom is 0.0745 e. The summed E-state index contributed by atoms with van der Waals surface area (Å²) in [6, 6.07) is 4.81. The molecule has 94 valence electrons. The molecule has 3 nitrogen and oxygen atoms in total. The highest BCUT2D eigenvalue weighted by Gasteiger charge is 2.40. The molecular formula is C15H19N3. The van der Waals surface area contributed by atoms with E-state index in [0.29, 0.717) is 12.0 Å². The second-order valence-electron chi connectivity index (χ2n) is 5.84. The highest BCUT2D eigenvalue weighted by Crippen LogP contribution is 2.38. The molecule has 0 spiro atoms. The summed E-state index contributed by atoms with van der Waals surface area (Å²) in [7, 11) is 0. The minimum absolute atomic E-state index is 0.593. The lowest BCUT2D eigenvalue weighted by Gasteiger charge is -2.29. The Bertz CT molecular complexity index is 488. The number of aromatic nitrogens is 1. The topological polar surface area (TPSA) is 37.3 Å². The van der Waals surface area contributed by atoms with Crippen LogP contribution in [-0.2, 0) is 6.42 Å². The molecule has 2 atom stereocenters. The summed E-state index contributed by atoms with van der Waals surface area (Å²) >= 11 is 0. The minimum Gasteiger partial charge on any atom is -0.306 e. The molecule has 3 heteroatoms. The average Bonchev–Trinajstić information content (AvgIpc) is 3.07. The SMILES string of the molecule is c1cnc2c(c1)C1=NNC(C3CCCC3)C1CC2. The van der Waals surface area contributed by atoms with Gasteiger partial charge in [-0.25, -0.2) is 0 Å². The van der Waals surface area contributed by atoms with Gasteiger partial charge in [0.1, 0.15) is 0 Å². The van der Waals surface area contributed by atoms with Crippen LogP contribution in [0.5, 0.6) is 0 Å². The van der Waals surface area contributed by atoms with Gasteiger partial charge in [0.05, 0.1) is 11.8 Å². The number of aryl methyl sites for hydroxylation is 1. The molecule has 18 heavy (non-hydrogen) atoms. The molecule has 4 rings (SSSR count). The van der Waals surface area contributed by atoms with Gasteiger partial charge in [0.15, 0.2) is 0 Å². The van der Waals surface area contributed by atoms with Crippen molar-refractivity contribution in [2.24, 2.45) is 16.9 Å². The van der Waals surface area contributed by atoms with Crippen LogP contribution in [0.1, 0.15) is 43.4 Å². The van der Waals surface area contributed by atoms with Crippen molar-refractivity contribution in [3.05, 3.63) is 29.6 Å². The van der Waals surface area contributed by atoms with E-state index in [4.69, 9.17) is 0 Å². The fraction of sp³-hybridized carbons (Fsp3) is 0.600. The largest absolute Gasteiger partial charge is 0.306 e. The van der Waals surface area contributed by atoms with Gasteiger partial charge in [-0.3, -0.25) is 4.98 Å². The summed E-state index contributed by atoms with van der Waals surface area (Å²) in [6.07, 6.45) is 9.82. The lowest BCUT2D eigenvalue weighted by molar-refractivity contribution is 0.320. The zero-order valence-corrected chi connectivity index (χ0v) is 10.6. The Morgan fingerprint density at radius 1 is 1.17 bits per heavy atom. The Hall–Kier alpha value is -1.38. The van der Waals surface area contributed by atoms with Crippen LogP contribution in [0.2, 0.25) is 0 Å². The molecule has 0 aromatic carbocycles. The maximum absolute atomic E-state index is 4.65. The first kappa shape index (κ1) is 10.5. The van der Waals surface area contributed by atoms with Crippen molar-refractivity contribution in [2.45, 2.75) is 44.6 Å². The van der Waals surface area contributed by atoms with Crippen molar-refractivity contribution in [2.75, 3.05) is 0 Å². The van der Waals surface area contributed by atoms with E-state index < -0.39 is 0 Å². The van der Waals surface area contributed by atoms with Crippen molar-refractivity contribution in [1.29, 1.82) is 0 Å². The summed E-state index contributed by atoms with van der Waals surface area (Å²) in [5.41, 5.74) is 7.25. The first-order valence-electron chi connectivity index (χ1n) is 7.21. The maximum atomic E-state index is 4.65. The number of fused-ring (bicyclic) bond motifs is 3. The van der Waals surface area contributed by atoms with Gasteiger partial charge >= 0.3 is 0 Å². The minimum atomic E-state index is 0.593. The van der Waals surface area contributed by atoms with Crippen molar-refractivity contribution in [3.8, 4) is 0 Å². The van der Waals surface area contributed by atoms with Gasteiger partial charge in [0.2, 0.25) is 0 Å². The summed E-state index contributed by atoms with van der Waals surface area (Å²) in [5.74, 6) is 1.47. The summed E-state index contributed by atoms with van der Waals surface area (Å²) < 4.78 is 0. The quantitative estimate of drug-likeness (QED) is 0.820. The Morgan fingerprint density at radius 3 is 2.94 bits per heavy atom. The van der Waals surface area contributed by atoms with E-state index in [1.165, 1.54) is 49.1 Å². The van der Waals surface area contributed by atoms with Gasteiger partial charge in [-0.1, -0.05) is 12.8 Å². The number of nitrogens with one attached hydrogen (secondary N) is 1. The standard InChI is InChI=1S/C15H19N3/c1-2-5-10(4-1)14-12-7-8-13-11(6-3-9-16-13)15(12)18-17-14/h3,6,9-10,12,14,17H,1-2,4-5,7-8H2. The average molecular weight is 241 g/mol. The third-order valence-corrected chi connectivity index (χ3v) is 4.88. The number of hydrogen-bond acceptors (Lipinski definition) is 3. The van der Waals surface area contributed by atoms with Crippen molar-refractivity contribution >= 4 is 5.71 Å². The number of pyridine rings is 1. The van der Waals surface area contributed by atoms with E-state index in [1.54, 1.807) is 0 Å². The second kappa shape index (κ2) is 4.08. The molecule has 1 fully saturated rings. The van der Waals surface area contributed by atoms with Gasteiger partial charge in [0.25, 0.3) is 0 Å². The summed E-state index contributed by atoms with van der Waals surface area (Å²) in [6.45, 7) is 0. The molecule has 1 saturated carbocycles. The third-order valence-electron chi connectivity index (χ3n) is 4.88. The first-order chi connectivity index (χ1) is 8.93. The normalized spacial score (nSPS) is 30.6. The third kappa shape index (κ3) is 1.49. The molecule has 1 N–H and O–H groups in total. The van der Waals surface area contributed by atoms with Crippen LogP contribution in [0.3, 0.4) is 0 Å². The number of rotatable bonds is 1. The first-order valence-corrected chi connectivity index (χ1v) is 7.21. The molecule has 0 radical (unpaired) electrons. The van der Waals surface area contributed by atoms with Gasteiger partial charge < -0.3 is 5.43 Å². The monoisotopic (exact) mass is 241 g/mol. The zero-order chi connectivity index (χ0) is 11.9. The Kier molecular flexibility index (Phi) is 2.39. The summed E-state index contributed by atoms with van der Waals surface area (Å²) in [4.78, 5) is 4.49. The lowest BCUT2D eigenvalue weighted by Crippen LogP contribution is -2.38. The molecule has 2 aliphatic carbocycles. The van der Waals surface area contributed by atoms with Gasteiger partial charge in [-0.15, -0.1) is 0 Å². The number of hydrazone groups is 1. The van der Waals surface area contributed by atoms with E-state index in [-0.39, 0.29) is 0 Å². The molecule has 0 saturated heterocycles. The smallest absolute Gasteiger partial charge is 0.0745 e. The van der Waals surface area contributed by atoms with Crippen LogP contribution in [-0.4, -0.2) is 16.7 Å². The molecule has 2 heterocycles. The Labute approximate surface area is 108 Å². The molecular weight excluding hydrogens is 222 g/mol. The molecule has 3 aliphatic rings. The second-order valence-corrected chi connectivity index (χ2v) is 5.84. The molecule has 0 bridgehead atoms. The van der Waals surface area contributed by atoms with E-state index in [9.17, 15) is 0 Å². The predicted molar refractivity (Wildman–Crippen MR) is 71.5 cm³/mol. The highest BCUT2D eigenvalue weighted by molar-refractivity contribution is 6.05. The highest BCUT2D eigenvalue weighted by atomic mass is 15.3.